The van der Waals surface area contributed by atoms with Gasteiger partial charge in [0.25, 0.3) is 0 Å². The van der Waals surface area contributed by atoms with Gasteiger partial charge in [-0.3, -0.25) is 4.79 Å². The summed E-state index contributed by atoms with van der Waals surface area (Å²) < 4.78 is 5.26. The second-order valence-electron chi connectivity index (χ2n) is 6.89. The summed E-state index contributed by atoms with van der Waals surface area (Å²) in [5, 5.41) is 39.3. The largest absolute Gasteiger partial charge is 0.508 e. The lowest BCUT2D eigenvalue weighted by molar-refractivity contribution is -0.118. The summed E-state index contributed by atoms with van der Waals surface area (Å²) in [6.45, 7) is 3.66. The molecule has 0 aromatic heterocycles. The molecule has 30 heavy (non-hydrogen) atoms. The van der Waals surface area contributed by atoms with Crippen LogP contribution in [-0.4, -0.2) is 38.1 Å². The van der Waals surface area contributed by atoms with Crippen LogP contribution in [0, 0.1) is 0 Å². The number of ether oxygens (including phenoxy) is 1. The topological polar surface area (TPSA) is 141 Å². The monoisotopic (exact) mass is 416 g/mol. The van der Waals surface area contributed by atoms with Crippen LogP contribution in [0.2, 0.25) is 0 Å². The van der Waals surface area contributed by atoms with Gasteiger partial charge in [-0.1, -0.05) is 20.3 Å². The van der Waals surface area contributed by atoms with Gasteiger partial charge in [0.1, 0.15) is 39.9 Å². The molecule has 0 saturated carbocycles. The van der Waals surface area contributed by atoms with Crippen molar-refractivity contribution in [1.82, 2.24) is 0 Å². The van der Waals surface area contributed by atoms with E-state index < -0.39 is 23.4 Å². The maximum Gasteiger partial charge on any atom is 0.347 e. The molecule has 0 aliphatic heterocycles. The fraction of sp³-hybridized carbons (Fsp3) is 0.318. The number of phenols is 3. The molecule has 0 unspecified atom stereocenters. The molecule has 2 aromatic rings. The van der Waals surface area contributed by atoms with Crippen LogP contribution >= 0.6 is 0 Å². The fourth-order valence-electron chi connectivity index (χ4n) is 3.21. The first-order valence-corrected chi connectivity index (χ1v) is 9.55. The van der Waals surface area contributed by atoms with E-state index in [9.17, 15) is 34.8 Å². The Hall–Kier alpha value is -3.55. The van der Waals surface area contributed by atoms with Crippen molar-refractivity contribution in [3.63, 3.8) is 0 Å². The van der Waals surface area contributed by atoms with Crippen LogP contribution in [0.3, 0.4) is 0 Å². The van der Waals surface area contributed by atoms with Crippen LogP contribution in [0.25, 0.3) is 0 Å². The van der Waals surface area contributed by atoms with E-state index in [1.165, 1.54) is 12.1 Å². The molecule has 0 aliphatic rings. The standard InChI is InChI=1S/C22H24O8/c1-3-5-12-9-16(11-18(26)19(12)21(27)28)30-22(29)20-13(7-14(23)6-4-2)8-15(24)10-17(20)25/h8-11,24-26H,3-7H2,1-2H3,(H,27,28). The van der Waals surface area contributed by atoms with E-state index in [4.69, 9.17) is 4.74 Å². The third-order valence-corrected chi connectivity index (χ3v) is 4.42. The third kappa shape index (κ3) is 5.28. The number of carbonyl (C=O) groups excluding carboxylic acids is 2. The number of phenolic OH excluding ortho intramolecular Hbond substituents is 2. The Bertz CT molecular complexity index is 978. The molecule has 160 valence electrons. The number of benzene rings is 2. The summed E-state index contributed by atoms with van der Waals surface area (Å²) in [4.78, 5) is 36.2. The van der Waals surface area contributed by atoms with Crippen LogP contribution in [0.1, 0.15) is 65.0 Å². The van der Waals surface area contributed by atoms with Crippen LogP contribution in [0.15, 0.2) is 24.3 Å². The number of rotatable bonds is 9. The highest BCUT2D eigenvalue weighted by molar-refractivity contribution is 5.98. The normalized spacial score (nSPS) is 10.6. The average Bonchev–Trinajstić information content (AvgIpc) is 2.60. The minimum atomic E-state index is -1.30. The molecule has 0 bridgehead atoms. The number of aryl methyl sites for hydroxylation is 1. The number of Topliss-reactive ketones (excluding diaryl/α,β-unsaturated/α-hetero) is 1. The van der Waals surface area contributed by atoms with Gasteiger partial charge in [0, 0.05) is 25.0 Å². The van der Waals surface area contributed by atoms with E-state index in [0.717, 1.165) is 12.1 Å². The zero-order chi connectivity index (χ0) is 22.4. The second-order valence-corrected chi connectivity index (χ2v) is 6.89. The zero-order valence-corrected chi connectivity index (χ0v) is 16.8. The SMILES string of the molecule is CCCC(=O)Cc1cc(O)cc(O)c1C(=O)Oc1cc(O)c(C(=O)O)c(CCC)c1. The molecule has 0 amide bonds. The van der Waals surface area contributed by atoms with Crippen molar-refractivity contribution < 1.29 is 39.5 Å². The molecular weight excluding hydrogens is 392 g/mol. The fourth-order valence-corrected chi connectivity index (χ4v) is 3.21. The van der Waals surface area contributed by atoms with Crippen LogP contribution in [-0.2, 0) is 17.6 Å². The number of esters is 1. The zero-order valence-electron chi connectivity index (χ0n) is 16.8. The van der Waals surface area contributed by atoms with E-state index in [-0.39, 0.29) is 46.8 Å². The molecule has 0 fully saturated rings. The Morgan fingerprint density at radius 2 is 1.53 bits per heavy atom. The predicted molar refractivity (Wildman–Crippen MR) is 107 cm³/mol. The smallest absolute Gasteiger partial charge is 0.347 e. The van der Waals surface area contributed by atoms with E-state index in [1.54, 1.807) is 0 Å². The quantitative estimate of drug-likeness (QED) is 0.359. The summed E-state index contributed by atoms with van der Waals surface area (Å²) in [5.41, 5.74) is -0.150. The lowest BCUT2D eigenvalue weighted by Crippen LogP contribution is -2.15. The number of hydrogen-bond acceptors (Lipinski definition) is 7. The summed E-state index contributed by atoms with van der Waals surface area (Å²) in [5.74, 6) is -4.01. The minimum Gasteiger partial charge on any atom is -0.508 e. The van der Waals surface area contributed by atoms with Crippen LogP contribution in [0.4, 0.5) is 0 Å². The van der Waals surface area contributed by atoms with Crippen molar-refractivity contribution in [3.05, 3.63) is 46.5 Å². The van der Waals surface area contributed by atoms with Gasteiger partial charge in [-0.05, 0) is 36.1 Å². The van der Waals surface area contributed by atoms with Crippen molar-refractivity contribution in [2.75, 3.05) is 0 Å². The first kappa shape index (κ1) is 22.7. The molecule has 0 heterocycles. The van der Waals surface area contributed by atoms with E-state index in [0.29, 0.717) is 24.8 Å². The highest BCUT2D eigenvalue weighted by Gasteiger charge is 2.23. The van der Waals surface area contributed by atoms with Gasteiger partial charge in [-0.2, -0.15) is 0 Å². The van der Waals surface area contributed by atoms with E-state index in [2.05, 4.69) is 0 Å². The average molecular weight is 416 g/mol. The minimum absolute atomic E-state index is 0.107. The van der Waals surface area contributed by atoms with Crippen molar-refractivity contribution in [1.29, 1.82) is 0 Å². The summed E-state index contributed by atoms with van der Waals surface area (Å²) in [6.07, 6.45) is 1.64. The second kappa shape index (κ2) is 9.78. The van der Waals surface area contributed by atoms with Gasteiger partial charge in [0.05, 0.1) is 0 Å². The molecule has 0 radical (unpaired) electrons. The Morgan fingerprint density at radius 3 is 2.13 bits per heavy atom. The predicted octanol–water partition coefficient (Wildman–Crippen LogP) is 3.59. The number of aromatic hydroxyl groups is 3. The molecule has 0 aliphatic carbocycles. The first-order valence-electron chi connectivity index (χ1n) is 9.55. The summed E-state index contributed by atoms with van der Waals surface area (Å²) in [6, 6.07) is 4.50. The Morgan fingerprint density at radius 1 is 0.867 bits per heavy atom. The Balaban J connectivity index is 2.43. The van der Waals surface area contributed by atoms with E-state index >= 15 is 0 Å². The first-order chi connectivity index (χ1) is 14.2. The van der Waals surface area contributed by atoms with Crippen LogP contribution in [0.5, 0.6) is 23.0 Å². The van der Waals surface area contributed by atoms with Crippen molar-refractivity contribution in [2.45, 2.75) is 46.0 Å². The molecule has 8 heteroatoms. The molecule has 8 nitrogen and oxygen atoms in total. The van der Waals surface area contributed by atoms with Crippen LogP contribution < -0.4 is 4.74 Å². The summed E-state index contributed by atoms with van der Waals surface area (Å²) >= 11 is 0. The number of ketones is 1. The summed E-state index contributed by atoms with van der Waals surface area (Å²) in [7, 11) is 0. The lowest BCUT2D eigenvalue weighted by atomic mass is 9.99. The number of hydrogen-bond donors (Lipinski definition) is 4. The Labute approximate surface area is 173 Å². The molecular formula is C22H24O8. The molecule has 2 aromatic carbocycles. The number of aromatic carboxylic acids is 1. The van der Waals surface area contributed by atoms with Gasteiger partial charge in [-0.15, -0.1) is 0 Å². The van der Waals surface area contributed by atoms with Gasteiger partial charge >= 0.3 is 11.9 Å². The number of carbonyl (C=O) groups is 3. The molecule has 0 atom stereocenters. The molecule has 2 rings (SSSR count). The highest BCUT2D eigenvalue weighted by Crippen LogP contribution is 2.32. The van der Waals surface area contributed by atoms with E-state index in [1.807, 2.05) is 13.8 Å². The van der Waals surface area contributed by atoms with Gasteiger partial charge in [-0.25, -0.2) is 9.59 Å². The maximum atomic E-state index is 12.7. The Kier molecular flexibility index (Phi) is 7.41. The molecule has 0 spiro atoms. The molecule has 0 saturated heterocycles. The van der Waals surface area contributed by atoms with Gasteiger partial charge in [0.2, 0.25) is 0 Å². The lowest BCUT2D eigenvalue weighted by Gasteiger charge is -2.14. The van der Waals surface area contributed by atoms with Crippen molar-refractivity contribution >= 4 is 17.7 Å². The third-order valence-electron chi connectivity index (χ3n) is 4.42. The maximum absolute atomic E-state index is 12.7. The number of carboxylic acid groups (broad SMARTS) is 1. The van der Waals surface area contributed by atoms with Crippen molar-refractivity contribution in [3.8, 4) is 23.0 Å². The van der Waals surface area contributed by atoms with Crippen molar-refractivity contribution in [2.24, 2.45) is 0 Å². The van der Waals surface area contributed by atoms with Gasteiger partial charge < -0.3 is 25.2 Å². The molecule has 4 N–H and O–H groups in total. The number of carboxylic acids is 1. The van der Waals surface area contributed by atoms with Gasteiger partial charge in [0.15, 0.2) is 0 Å². The highest BCUT2D eigenvalue weighted by atomic mass is 16.5.